The van der Waals surface area contributed by atoms with E-state index in [-0.39, 0.29) is 102 Å². The summed E-state index contributed by atoms with van der Waals surface area (Å²) in [6.07, 6.45) is -7.43. The Hall–Kier alpha value is -4.44. The summed E-state index contributed by atoms with van der Waals surface area (Å²) in [5.74, 6) is -3.44. The minimum Gasteiger partial charge on any atom is -0.388 e. The fraction of sp³-hybridized carbons (Fsp3) is 0.818. The molecule has 394 valence electrons. The first-order chi connectivity index (χ1) is 32.9. The predicted octanol–water partition coefficient (Wildman–Crippen LogP) is -2.92. The van der Waals surface area contributed by atoms with Gasteiger partial charge in [-0.15, -0.1) is 5.06 Å². The third-order valence-electron chi connectivity index (χ3n) is 11.6. The molecule has 3 rings (SSSR count). The van der Waals surface area contributed by atoms with Gasteiger partial charge < -0.3 is 81.0 Å². The molecule has 69 heavy (non-hydrogen) atoms. The van der Waals surface area contributed by atoms with Crippen molar-refractivity contribution in [3.05, 3.63) is 0 Å². The van der Waals surface area contributed by atoms with Crippen LogP contribution in [-0.4, -0.2) is 190 Å². The number of ether oxygens (including phenoxy) is 4. The van der Waals surface area contributed by atoms with Crippen LogP contribution in [0.5, 0.6) is 0 Å². The van der Waals surface area contributed by atoms with E-state index < -0.39 is 97.1 Å². The molecule has 0 aliphatic carbocycles. The number of hydroxylamine groups is 2. The van der Waals surface area contributed by atoms with E-state index in [2.05, 4.69) is 26.6 Å². The molecule has 3 saturated heterocycles. The van der Waals surface area contributed by atoms with Gasteiger partial charge >= 0.3 is 5.97 Å². The van der Waals surface area contributed by atoms with Crippen LogP contribution < -0.4 is 26.6 Å². The quantitative estimate of drug-likeness (QED) is 0.0238. The summed E-state index contributed by atoms with van der Waals surface area (Å²) in [6.45, 7) is 3.78. The smallest absolute Gasteiger partial charge is 0.333 e. The van der Waals surface area contributed by atoms with Crippen LogP contribution in [0, 0.1) is 0 Å². The topological polar surface area (TPSA) is 367 Å². The molecule has 3 heterocycles. The van der Waals surface area contributed by atoms with Gasteiger partial charge in [0.1, 0.15) is 42.7 Å². The molecule has 25 heteroatoms. The van der Waals surface area contributed by atoms with E-state index in [1.54, 1.807) is 0 Å². The number of unbranched alkanes of at least 4 members (excludes halogenated alkanes) is 5. The normalized spacial score (nSPS) is 26.2. The Morgan fingerprint density at radius 1 is 0.536 bits per heavy atom. The van der Waals surface area contributed by atoms with Gasteiger partial charge in [-0.1, -0.05) is 6.42 Å². The van der Waals surface area contributed by atoms with Gasteiger partial charge in [0, 0.05) is 71.1 Å². The fourth-order valence-electron chi connectivity index (χ4n) is 7.39. The Labute approximate surface area is 401 Å². The monoisotopic (exact) mass is 991 g/mol. The Balaban J connectivity index is 1.31. The number of rotatable bonds is 32. The maximum absolute atomic E-state index is 13.2. The molecule has 25 nitrogen and oxygen atoms in total. The minimum atomic E-state index is -1.46. The third kappa shape index (κ3) is 21.6. The average Bonchev–Trinajstić information content (AvgIpc) is 3.63. The number of hydrogen-bond acceptors (Lipinski definition) is 19. The highest BCUT2D eigenvalue weighted by Crippen LogP contribution is 2.23. The lowest BCUT2D eigenvalue weighted by atomic mass is 10.0. The van der Waals surface area contributed by atoms with Crippen molar-refractivity contribution in [2.45, 2.75) is 190 Å². The van der Waals surface area contributed by atoms with Crippen molar-refractivity contribution in [1.82, 2.24) is 31.6 Å². The van der Waals surface area contributed by atoms with Gasteiger partial charge in [-0.2, -0.15) is 0 Å². The zero-order valence-electron chi connectivity index (χ0n) is 39.6. The Kier molecular flexibility index (Phi) is 27.1. The van der Waals surface area contributed by atoms with Crippen molar-refractivity contribution in [3.8, 4) is 0 Å². The summed E-state index contributed by atoms with van der Waals surface area (Å²) >= 11 is 0. The van der Waals surface area contributed by atoms with Crippen LogP contribution in [0.15, 0.2) is 0 Å². The summed E-state index contributed by atoms with van der Waals surface area (Å²) in [7, 11) is 0. The standard InChI is InChI=1S/C44H74N6O19/c1-26-36(58)38(60)40(62)43(67-26)65-24-22-46-30(52)14-6-5-13-29(51)45-20-11-9-12-28(42(64)48-21-10-3-4-17-35(57)69-50-33(55)18-19-34(50)56)49-32(54)16-8-7-15-31(53)47-23-25-66-44-41(63)39(61)37(59)27(2)68-44/h26-28,36-41,43-44,58-63H,3-25H2,1-2H3,(H,45,51)(H,46,52)(H,47,53)(H,48,64)(H,49,54)/t26-,27-,28-,36?,37?,38+,39+,40-,41-,43+,44+/m0/s1. The summed E-state index contributed by atoms with van der Waals surface area (Å²) < 4.78 is 21.5. The SMILES string of the molecule is C[C@@H]1O[C@@H](OCCNC(=O)CCCCC(=O)NCCCC[C@H](NC(=O)CCCCC(=O)NCCO[C@@H]2O[C@@H](C)C(O)[C@@H](O)[C@@H]2O)C(=O)NCCCCCC(=O)ON2C(=O)CCC2=O)[C@@H](O)[C@H](O)C1O. The fourth-order valence-corrected chi connectivity index (χ4v) is 7.39. The van der Waals surface area contributed by atoms with Crippen molar-refractivity contribution >= 4 is 47.3 Å². The second-order valence-electron chi connectivity index (χ2n) is 17.3. The molecule has 0 aromatic rings. The molecule has 7 amide bonds. The Morgan fingerprint density at radius 3 is 1.45 bits per heavy atom. The number of hydrogen-bond donors (Lipinski definition) is 11. The van der Waals surface area contributed by atoms with Crippen LogP contribution in [0.25, 0.3) is 0 Å². The first kappa shape index (κ1) is 58.9. The first-order valence-corrected chi connectivity index (χ1v) is 24.0. The zero-order chi connectivity index (χ0) is 50.9. The summed E-state index contributed by atoms with van der Waals surface area (Å²) in [4.78, 5) is 103. The largest absolute Gasteiger partial charge is 0.388 e. The summed E-state index contributed by atoms with van der Waals surface area (Å²) in [5, 5.41) is 73.6. The Morgan fingerprint density at radius 2 is 0.957 bits per heavy atom. The van der Waals surface area contributed by atoms with Crippen LogP contribution in [0.2, 0.25) is 0 Å². The maximum atomic E-state index is 13.2. The molecular formula is C44H74N6O19. The van der Waals surface area contributed by atoms with Gasteiger partial charge in [0.05, 0.1) is 25.4 Å². The maximum Gasteiger partial charge on any atom is 0.333 e. The second kappa shape index (κ2) is 31.7. The highest BCUT2D eigenvalue weighted by atomic mass is 16.7. The van der Waals surface area contributed by atoms with Crippen molar-refractivity contribution in [2.75, 3.05) is 39.4 Å². The molecule has 11 atom stereocenters. The number of carbonyl (C=O) groups is 8. The van der Waals surface area contributed by atoms with E-state index in [9.17, 15) is 69.0 Å². The van der Waals surface area contributed by atoms with Crippen molar-refractivity contribution in [1.29, 1.82) is 0 Å². The third-order valence-corrected chi connectivity index (χ3v) is 11.6. The lowest BCUT2D eigenvalue weighted by Crippen LogP contribution is -2.57. The first-order valence-electron chi connectivity index (χ1n) is 24.0. The van der Waals surface area contributed by atoms with Gasteiger partial charge in [-0.3, -0.25) is 33.6 Å². The molecule has 3 aliphatic heterocycles. The number of imide groups is 1. The highest BCUT2D eigenvalue weighted by Gasteiger charge is 2.43. The van der Waals surface area contributed by atoms with Gasteiger partial charge in [0.15, 0.2) is 12.6 Å². The summed E-state index contributed by atoms with van der Waals surface area (Å²) in [5.41, 5.74) is 0. The number of aliphatic hydroxyl groups excluding tert-OH is 6. The number of amides is 7. The number of aliphatic hydroxyl groups is 6. The number of nitrogens with one attached hydrogen (secondary N) is 5. The number of carbonyl (C=O) groups excluding carboxylic acids is 8. The molecule has 0 radical (unpaired) electrons. The average molecular weight is 991 g/mol. The molecule has 0 aromatic carbocycles. The number of nitrogens with zero attached hydrogens (tertiary/aromatic N) is 1. The molecule has 0 bridgehead atoms. The van der Waals surface area contributed by atoms with E-state index >= 15 is 0 Å². The van der Waals surface area contributed by atoms with Crippen LogP contribution >= 0.6 is 0 Å². The second-order valence-corrected chi connectivity index (χ2v) is 17.3. The highest BCUT2D eigenvalue weighted by molar-refractivity contribution is 6.01. The molecule has 3 aliphatic rings. The van der Waals surface area contributed by atoms with E-state index in [4.69, 9.17) is 23.8 Å². The lowest BCUT2D eigenvalue weighted by molar-refractivity contribution is -0.292. The molecule has 0 spiro atoms. The van der Waals surface area contributed by atoms with E-state index in [0.29, 0.717) is 69.4 Å². The van der Waals surface area contributed by atoms with Crippen LogP contribution in [0.1, 0.15) is 123 Å². The van der Waals surface area contributed by atoms with Crippen LogP contribution in [0.3, 0.4) is 0 Å². The molecular weight excluding hydrogens is 917 g/mol. The van der Waals surface area contributed by atoms with E-state index in [1.165, 1.54) is 13.8 Å². The van der Waals surface area contributed by atoms with Gasteiger partial charge in [0.25, 0.3) is 11.8 Å². The predicted molar refractivity (Wildman–Crippen MR) is 237 cm³/mol. The van der Waals surface area contributed by atoms with E-state index in [1.807, 2.05) is 0 Å². The lowest BCUT2D eigenvalue weighted by Gasteiger charge is -2.38. The van der Waals surface area contributed by atoms with Crippen molar-refractivity contribution < 1.29 is 92.8 Å². The van der Waals surface area contributed by atoms with Gasteiger partial charge in [-0.05, 0) is 71.6 Å². The molecule has 0 aromatic heterocycles. The van der Waals surface area contributed by atoms with Crippen molar-refractivity contribution in [2.24, 2.45) is 0 Å². The molecule has 0 saturated carbocycles. The molecule has 11 N–H and O–H groups in total. The zero-order valence-corrected chi connectivity index (χ0v) is 39.6. The van der Waals surface area contributed by atoms with Gasteiger partial charge in [0.2, 0.25) is 29.5 Å². The van der Waals surface area contributed by atoms with Crippen molar-refractivity contribution in [3.63, 3.8) is 0 Å². The van der Waals surface area contributed by atoms with E-state index in [0.717, 1.165) is 0 Å². The molecule has 3 fully saturated rings. The van der Waals surface area contributed by atoms with Crippen LogP contribution in [-0.2, 0) is 62.1 Å². The van der Waals surface area contributed by atoms with Gasteiger partial charge in [-0.25, -0.2) is 4.79 Å². The van der Waals surface area contributed by atoms with Crippen LogP contribution in [0.4, 0.5) is 0 Å². The minimum absolute atomic E-state index is 0.00370. The molecule has 2 unspecified atom stereocenters. The Bertz CT molecular complexity index is 1640. The summed E-state index contributed by atoms with van der Waals surface area (Å²) in [6, 6.07) is -0.892.